The van der Waals surface area contributed by atoms with Gasteiger partial charge in [0.15, 0.2) is 0 Å². The first kappa shape index (κ1) is 19.8. The van der Waals surface area contributed by atoms with Gasteiger partial charge in [0, 0.05) is 42.8 Å². The Morgan fingerprint density at radius 1 is 0.905 bits per heavy atom. The average Bonchev–Trinajstić information content (AvgIpc) is 2.47. The van der Waals surface area contributed by atoms with Crippen molar-refractivity contribution >= 4 is 24.1 Å². The third-order valence-corrected chi connectivity index (χ3v) is 3.12. The first-order chi connectivity index (χ1) is 10.1. The van der Waals surface area contributed by atoms with Gasteiger partial charge in [-0.15, -0.1) is 12.6 Å². The van der Waals surface area contributed by atoms with Crippen LogP contribution in [0, 0.1) is 0 Å². The van der Waals surface area contributed by atoms with E-state index in [2.05, 4.69) is 54.0 Å². The molecule has 0 aromatic rings. The van der Waals surface area contributed by atoms with E-state index >= 15 is 0 Å². The summed E-state index contributed by atoms with van der Waals surface area (Å²) in [7, 11) is 0. The predicted molar refractivity (Wildman–Crippen MR) is 98.2 cm³/mol. The van der Waals surface area contributed by atoms with Crippen molar-refractivity contribution in [2.75, 3.05) is 13.1 Å². The normalized spacial score (nSPS) is 14.4. The summed E-state index contributed by atoms with van der Waals surface area (Å²) in [5.74, 6) is 0. The van der Waals surface area contributed by atoms with Gasteiger partial charge in [0.1, 0.15) is 0 Å². The molecule has 0 fully saturated rings. The van der Waals surface area contributed by atoms with Crippen LogP contribution in [0.1, 0.15) is 53.9 Å². The summed E-state index contributed by atoms with van der Waals surface area (Å²) in [4.78, 5) is 9.08. The lowest BCUT2D eigenvalue weighted by Gasteiger charge is -2.06. The number of rotatable bonds is 10. The van der Waals surface area contributed by atoms with Crippen LogP contribution in [0.2, 0.25) is 0 Å². The first-order valence-corrected chi connectivity index (χ1v) is 8.16. The van der Waals surface area contributed by atoms with E-state index in [1.807, 2.05) is 20.0 Å². The molecule has 0 spiro atoms. The summed E-state index contributed by atoms with van der Waals surface area (Å²) in [6, 6.07) is 0. The van der Waals surface area contributed by atoms with E-state index < -0.39 is 0 Å². The van der Waals surface area contributed by atoms with Crippen molar-refractivity contribution < 1.29 is 0 Å². The third-order valence-electron chi connectivity index (χ3n) is 2.85. The van der Waals surface area contributed by atoms with Crippen LogP contribution < -0.4 is 10.6 Å². The molecule has 0 radical (unpaired) electrons. The topological polar surface area (TPSA) is 48.8 Å². The van der Waals surface area contributed by atoms with Crippen LogP contribution in [-0.4, -0.2) is 24.5 Å². The van der Waals surface area contributed by atoms with Crippen LogP contribution in [-0.2, 0) is 0 Å². The van der Waals surface area contributed by atoms with Gasteiger partial charge in [-0.3, -0.25) is 9.98 Å². The third kappa shape index (κ3) is 10.2. The maximum Gasteiger partial charge on any atom is 0.0836 e. The van der Waals surface area contributed by atoms with Gasteiger partial charge >= 0.3 is 0 Å². The highest BCUT2D eigenvalue weighted by Crippen LogP contribution is 2.04. The van der Waals surface area contributed by atoms with Crippen LogP contribution in [0.5, 0.6) is 0 Å². The summed E-state index contributed by atoms with van der Waals surface area (Å²) < 4.78 is 0. The summed E-state index contributed by atoms with van der Waals surface area (Å²) in [6.07, 6.45) is 6.33. The maximum atomic E-state index is 4.57. The highest BCUT2D eigenvalue weighted by Gasteiger charge is 2.02. The Balaban J connectivity index is 4.83. The van der Waals surface area contributed by atoms with Crippen LogP contribution in [0.4, 0.5) is 0 Å². The molecule has 0 unspecified atom stereocenters. The predicted octanol–water partition coefficient (Wildman–Crippen LogP) is 3.89. The minimum absolute atomic E-state index is 0.793. The molecule has 21 heavy (non-hydrogen) atoms. The van der Waals surface area contributed by atoms with E-state index in [1.54, 1.807) is 6.20 Å². The molecule has 0 bridgehead atoms. The Hall–Kier alpha value is -1.23. The molecule has 4 nitrogen and oxygen atoms in total. The van der Waals surface area contributed by atoms with Crippen LogP contribution in [0.3, 0.4) is 0 Å². The molecule has 120 valence electrons. The van der Waals surface area contributed by atoms with Gasteiger partial charge in [-0.2, -0.15) is 0 Å². The SMILES string of the molecule is CCN/C(S)=C/N=C(\CC)C/C(CC)=N/C=C(\C)NCC. The Kier molecular flexibility index (Phi) is 11.8. The number of thiol groups is 1. The van der Waals surface area contributed by atoms with Crippen LogP contribution in [0.25, 0.3) is 0 Å². The van der Waals surface area contributed by atoms with Gasteiger partial charge in [0.25, 0.3) is 0 Å². The lowest BCUT2D eigenvalue weighted by Crippen LogP contribution is -2.10. The van der Waals surface area contributed by atoms with Gasteiger partial charge < -0.3 is 10.6 Å². The molecule has 0 aliphatic carbocycles. The molecule has 0 saturated carbocycles. The highest BCUT2D eigenvalue weighted by atomic mass is 32.1. The number of aliphatic imine (C=N–C) groups is 2. The van der Waals surface area contributed by atoms with E-state index in [4.69, 9.17) is 0 Å². The van der Waals surface area contributed by atoms with E-state index in [0.29, 0.717) is 0 Å². The van der Waals surface area contributed by atoms with Crippen molar-refractivity contribution in [1.82, 2.24) is 10.6 Å². The second-order valence-electron chi connectivity index (χ2n) is 4.66. The number of hydrogen-bond acceptors (Lipinski definition) is 5. The molecule has 0 heterocycles. The van der Waals surface area contributed by atoms with Gasteiger partial charge in [-0.05, 0) is 33.6 Å². The van der Waals surface area contributed by atoms with E-state index in [-0.39, 0.29) is 0 Å². The van der Waals surface area contributed by atoms with Gasteiger partial charge in [0.2, 0.25) is 0 Å². The largest absolute Gasteiger partial charge is 0.388 e. The smallest absolute Gasteiger partial charge is 0.0836 e. The van der Waals surface area contributed by atoms with Crippen LogP contribution in [0.15, 0.2) is 33.1 Å². The van der Waals surface area contributed by atoms with Crippen molar-refractivity contribution in [3.8, 4) is 0 Å². The molecule has 0 aromatic heterocycles. The van der Waals surface area contributed by atoms with Crippen molar-refractivity contribution in [2.45, 2.75) is 53.9 Å². The van der Waals surface area contributed by atoms with E-state index in [1.165, 1.54) is 0 Å². The number of nitrogens with zero attached hydrogens (tertiary/aromatic N) is 2. The molecule has 2 N–H and O–H groups in total. The summed E-state index contributed by atoms with van der Waals surface area (Å²) in [6.45, 7) is 12.2. The zero-order valence-corrected chi connectivity index (χ0v) is 14.9. The molecule has 0 aliphatic heterocycles. The van der Waals surface area contributed by atoms with E-state index in [9.17, 15) is 0 Å². The van der Waals surface area contributed by atoms with Gasteiger partial charge in [0.05, 0.1) is 11.2 Å². The maximum absolute atomic E-state index is 4.57. The molecule has 0 amide bonds. The van der Waals surface area contributed by atoms with Crippen molar-refractivity contribution in [1.29, 1.82) is 0 Å². The number of hydrogen-bond donors (Lipinski definition) is 3. The zero-order chi connectivity index (χ0) is 16.1. The molecule has 0 rings (SSSR count). The Morgan fingerprint density at radius 3 is 1.90 bits per heavy atom. The van der Waals surface area contributed by atoms with Gasteiger partial charge in [-0.25, -0.2) is 0 Å². The summed E-state index contributed by atoms with van der Waals surface area (Å²) in [5, 5.41) is 7.15. The van der Waals surface area contributed by atoms with Crippen LogP contribution >= 0.6 is 12.6 Å². The second kappa shape index (κ2) is 12.5. The fourth-order valence-corrected chi connectivity index (χ4v) is 1.87. The fourth-order valence-electron chi connectivity index (χ4n) is 1.65. The number of nitrogens with one attached hydrogen (secondary N) is 2. The van der Waals surface area contributed by atoms with Crippen molar-refractivity contribution in [3.05, 3.63) is 23.1 Å². The lowest BCUT2D eigenvalue weighted by atomic mass is 10.1. The standard InChI is InChI=1S/C16H30N4S/c1-6-14(19-11-13(5)17-8-3)10-15(7-2)20-12-16(21)18-9-4/h11-12,17-18,21H,6-10H2,1-5H3/b13-11+,16-12-,19-14+,20-15+. The van der Waals surface area contributed by atoms with Crippen molar-refractivity contribution in [3.63, 3.8) is 0 Å². The van der Waals surface area contributed by atoms with Crippen molar-refractivity contribution in [2.24, 2.45) is 9.98 Å². The minimum Gasteiger partial charge on any atom is -0.388 e. The highest BCUT2D eigenvalue weighted by molar-refractivity contribution is 7.84. The zero-order valence-electron chi connectivity index (χ0n) is 14.0. The second-order valence-corrected chi connectivity index (χ2v) is 5.14. The minimum atomic E-state index is 0.793. The number of allylic oxidation sites excluding steroid dienone is 1. The fraction of sp³-hybridized carbons (Fsp3) is 0.625. The average molecular weight is 311 g/mol. The Labute approximate surface area is 135 Å². The summed E-state index contributed by atoms with van der Waals surface area (Å²) >= 11 is 4.32. The molecule has 0 aromatic carbocycles. The molecule has 0 atom stereocenters. The monoisotopic (exact) mass is 310 g/mol. The lowest BCUT2D eigenvalue weighted by molar-refractivity contribution is 0.850. The Bertz CT molecular complexity index is 371. The molecule has 0 saturated heterocycles. The molecule has 5 heteroatoms. The van der Waals surface area contributed by atoms with E-state index in [0.717, 1.165) is 54.5 Å². The van der Waals surface area contributed by atoms with Gasteiger partial charge in [-0.1, -0.05) is 13.8 Å². The first-order valence-electron chi connectivity index (χ1n) is 7.71. The molecular weight excluding hydrogens is 280 g/mol. The summed E-state index contributed by atoms with van der Waals surface area (Å²) in [5.41, 5.74) is 3.35. The Morgan fingerprint density at radius 2 is 1.43 bits per heavy atom. The molecular formula is C16H30N4S. The quantitative estimate of drug-likeness (QED) is 0.423. The molecule has 0 aliphatic rings.